The van der Waals surface area contributed by atoms with Gasteiger partial charge >= 0.3 is 6.36 Å². The maximum absolute atomic E-state index is 12.5. The molecular formula is C18H20F3N3O3. The van der Waals surface area contributed by atoms with E-state index in [1.54, 1.807) is 12.3 Å². The summed E-state index contributed by atoms with van der Waals surface area (Å²) >= 11 is 0. The minimum Gasteiger partial charge on any atom is -0.489 e. The number of aromatic nitrogens is 2. The molecule has 2 aromatic rings. The zero-order valence-corrected chi connectivity index (χ0v) is 14.5. The molecule has 0 spiro atoms. The van der Waals surface area contributed by atoms with E-state index in [0.717, 1.165) is 25.9 Å². The van der Waals surface area contributed by atoms with Crippen LogP contribution in [-0.2, 0) is 6.54 Å². The van der Waals surface area contributed by atoms with Crippen LogP contribution in [0.3, 0.4) is 0 Å². The summed E-state index contributed by atoms with van der Waals surface area (Å²) in [5.74, 6) is -0.0312. The minimum atomic E-state index is -4.76. The molecule has 1 N–H and O–H groups in total. The molecule has 1 saturated heterocycles. The number of halogens is 3. The molecule has 9 heteroatoms. The second-order valence-corrected chi connectivity index (χ2v) is 6.39. The van der Waals surface area contributed by atoms with Gasteiger partial charge in [0.2, 0.25) is 0 Å². The van der Waals surface area contributed by atoms with Gasteiger partial charge in [-0.25, -0.2) is 0 Å². The second-order valence-electron chi connectivity index (χ2n) is 6.39. The van der Waals surface area contributed by atoms with Gasteiger partial charge in [-0.05, 0) is 44.0 Å². The standard InChI is InChI=1S/C18H20F3N3O3/c19-18(20,21)27-16-4-2-1-3-15(16)26-12-13-5-9-24(10-6-13)11-14-17(25)23-8-7-22-14/h1-4,7-8,13H,5-6,9-12H2,(H,23,25). The van der Waals surface area contributed by atoms with E-state index in [0.29, 0.717) is 18.8 Å². The Morgan fingerprint density at radius 2 is 1.89 bits per heavy atom. The van der Waals surface area contributed by atoms with E-state index in [1.165, 1.54) is 24.4 Å². The predicted molar refractivity (Wildman–Crippen MR) is 91.5 cm³/mol. The number of benzene rings is 1. The van der Waals surface area contributed by atoms with Crippen molar-refractivity contribution >= 4 is 0 Å². The van der Waals surface area contributed by atoms with Crippen LogP contribution >= 0.6 is 0 Å². The predicted octanol–water partition coefficient (Wildman–Crippen LogP) is 2.96. The summed E-state index contributed by atoms with van der Waals surface area (Å²) in [4.78, 5) is 20.5. The Hall–Kier alpha value is -2.55. The summed E-state index contributed by atoms with van der Waals surface area (Å²) in [6, 6.07) is 5.76. The summed E-state index contributed by atoms with van der Waals surface area (Å²) in [5.41, 5.74) is 0.287. The van der Waals surface area contributed by atoms with Crippen molar-refractivity contribution in [3.05, 3.63) is 52.7 Å². The maximum Gasteiger partial charge on any atom is 0.573 e. The summed E-state index contributed by atoms with van der Waals surface area (Å²) in [7, 11) is 0. The van der Waals surface area contributed by atoms with E-state index in [-0.39, 0.29) is 23.0 Å². The number of H-pyrrole nitrogens is 1. The molecule has 3 rings (SSSR count). The molecular weight excluding hydrogens is 363 g/mol. The van der Waals surface area contributed by atoms with Crippen molar-refractivity contribution in [1.82, 2.24) is 14.9 Å². The Labute approximate surface area is 153 Å². The zero-order chi connectivity index (χ0) is 19.3. The number of hydrogen-bond acceptors (Lipinski definition) is 5. The van der Waals surface area contributed by atoms with Crippen LogP contribution in [0.15, 0.2) is 41.5 Å². The number of nitrogens with one attached hydrogen (secondary N) is 1. The lowest BCUT2D eigenvalue weighted by Crippen LogP contribution is -2.36. The number of para-hydroxylation sites is 2. The fourth-order valence-corrected chi connectivity index (χ4v) is 3.00. The molecule has 0 radical (unpaired) electrons. The van der Waals surface area contributed by atoms with Gasteiger partial charge in [0.25, 0.3) is 5.56 Å². The highest BCUT2D eigenvalue weighted by Gasteiger charge is 2.32. The van der Waals surface area contributed by atoms with Crippen molar-refractivity contribution < 1.29 is 22.6 Å². The summed E-state index contributed by atoms with van der Waals surface area (Å²) in [6.07, 6.45) is -0.0538. The monoisotopic (exact) mass is 383 g/mol. The van der Waals surface area contributed by atoms with Gasteiger partial charge in [0.15, 0.2) is 11.5 Å². The Morgan fingerprint density at radius 3 is 2.56 bits per heavy atom. The highest BCUT2D eigenvalue weighted by molar-refractivity contribution is 5.39. The van der Waals surface area contributed by atoms with E-state index in [1.807, 2.05) is 0 Å². The molecule has 6 nitrogen and oxygen atoms in total. The number of piperidine rings is 1. The third kappa shape index (κ3) is 5.72. The Bertz CT molecular complexity index is 802. The first-order valence-electron chi connectivity index (χ1n) is 8.63. The number of rotatable bonds is 6. The minimum absolute atomic E-state index is 0.0808. The zero-order valence-electron chi connectivity index (χ0n) is 14.5. The molecule has 27 heavy (non-hydrogen) atoms. The molecule has 0 bridgehead atoms. The first-order valence-corrected chi connectivity index (χ1v) is 8.63. The molecule has 0 amide bonds. The highest BCUT2D eigenvalue weighted by Crippen LogP contribution is 2.32. The van der Waals surface area contributed by atoms with Crippen molar-refractivity contribution in [2.45, 2.75) is 25.7 Å². The second kappa shape index (κ2) is 8.43. The smallest absolute Gasteiger partial charge is 0.489 e. The molecule has 0 saturated carbocycles. The third-order valence-electron chi connectivity index (χ3n) is 4.41. The van der Waals surface area contributed by atoms with Gasteiger partial charge in [-0.1, -0.05) is 12.1 Å². The van der Waals surface area contributed by atoms with E-state index >= 15 is 0 Å². The van der Waals surface area contributed by atoms with Gasteiger partial charge in [-0.2, -0.15) is 0 Å². The van der Waals surface area contributed by atoms with Gasteiger partial charge in [-0.3, -0.25) is 14.7 Å². The number of ether oxygens (including phenoxy) is 2. The van der Waals surface area contributed by atoms with Gasteiger partial charge < -0.3 is 14.5 Å². The van der Waals surface area contributed by atoms with Gasteiger partial charge in [0.1, 0.15) is 5.69 Å². The van der Waals surface area contributed by atoms with Crippen LogP contribution in [0.4, 0.5) is 13.2 Å². The fraction of sp³-hybridized carbons (Fsp3) is 0.444. The lowest BCUT2D eigenvalue weighted by Gasteiger charge is -2.31. The summed E-state index contributed by atoms with van der Waals surface area (Å²) in [6.45, 7) is 2.33. The van der Waals surface area contributed by atoms with Crippen LogP contribution in [0.1, 0.15) is 18.5 Å². The Morgan fingerprint density at radius 1 is 1.19 bits per heavy atom. The van der Waals surface area contributed by atoms with Gasteiger partial charge in [0, 0.05) is 18.9 Å². The molecule has 0 atom stereocenters. The van der Waals surface area contributed by atoms with Crippen LogP contribution in [0, 0.1) is 5.92 Å². The van der Waals surface area contributed by atoms with Crippen molar-refractivity contribution in [3.63, 3.8) is 0 Å². The molecule has 1 aromatic carbocycles. The lowest BCUT2D eigenvalue weighted by molar-refractivity contribution is -0.275. The van der Waals surface area contributed by atoms with Crippen molar-refractivity contribution in [2.75, 3.05) is 19.7 Å². The highest BCUT2D eigenvalue weighted by atomic mass is 19.4. The Kier molecular flexibility index (Phi) is 6.00. The first-order chi connectivity index (χ1) is 12.9. The van der Waals surface area contributed by atoms with Crippen LogP contribution < -0.4 is 15.0 Å². The molecule has 0 unspecified atom stereocenters. The number of hydrogen-bond donors (Lipinski definition) is 1. The Balaban J connectivity index is 1.49. The van der Waals surface area contributed by atoms with Crippen molar-refractivity contribution in [1.29, 1.82) is 0 Å². The molecule has 1 aliphatic rings. The lowest BCUT2D eigenvalue weighted by atomic mass is 9.97. The molecule has 1 aliphatic heterocycles. The average Bonchev–Trinajstić information content (AvgIpc) is 2.63. The largest absolute Gasteiger partial charge is 0.573 e. The number of alkyl halides is 3. The van der Waals surface area contributed by atoms with Crippen LogP contribution in [0.25, 0.3) is 0 Å². The number of aromatic amines is 1. The maximum atomic E-state index is 12.5. The molecule has 2 heterocycles. The van der Waals surface area contributed by atoms with Crippen molar-refractivity contribution in [2.24, 2.45) is 5.92 Å². The molecule has 0 aliphatic carbocycles. The topological polar surface area (TPSA) is 67.5 Å². The average molecular weight is 383 g/mol. The molecule has 146 valence electrons. The van der Waals surface area contributed by atoms with E-state index in [9.17, 15) is 18.0 Å². The number of likely N-dealkylation sites (tertiary alicyclic amines) is 1. The quantitative estimate of drug-likeness (QED) is 0.831. The summed E-state index contributed by atoms with van der Waals surface area (Å²) < 4.78 is 46.9. The number of nitrogens with zero attached hydrogens (tertiary/aromatic N) is 2. The van der Waals surface area contributed by atoms with Gasteiger partial charge in [0.05, 0.1) is 6.61 Å². The summed E-state index contributed by atoms with van der Waals surface area (Å²) in [5, 5.41) is 0. The molecule has 1 aromatic heterocycles. The van der Waals surface area contributed by atoms with E-state index in [4.69, 9.17) is 4.74 Å². The van der Waals surface area contributed by atoms with E-state index < -0.39 is 6.36 Å². The SMILES string of the molecule is O=c1[nH]ccnc1CN1CCC(COc2ccccc2OC(F)(F)F)CC1. The van der Waals surface area contributed by atoms with Crippen LogP contribution in [0.2, 0.25) is 0 Å². The third-order valence-corrected chi connectivity index (χ3v) is 4.41. The first kappa shape index (κ1) is 19.2. The normalized spacial score (nSPS) is 16.3. The fourth-order valence-electron chi connectivity index (χ4n) is 3.00. The van der Waals surface area contributed by atoms with Crippen LogP contribution in [-0.4, -0.2) is 40.9 Å². The van der Waals surface area contributed by atoms with E-state index in [2.05, 4.69) is 19.6 Å². The molecule has 1 fully saturated rings. The van der Waals surface area contributed by atoms with Gasteiger partial charge in [-0.15, -0.1) is 13.2 Å². The van der Waals surface area contributed by atoms with Crippen LogP contribution in [0.5, 0.6) is 11.5 Å². The van der Waals surface area contributed by atoms with Crippen molar-refractivity contribution in [3.8, 4) is 11.5 Å².